The fraction of sp³-hybridized carbons (Fsp3) is 0.683. The molecule has 5 aliphatic rings. The van der Waals surface area contributed by atoms with Crippen LogP contribution in [-0.2, 0) is 43.0 Å². The summed E-state index contributed by atoms with van der Waals surface area (Å²) in [5.41, 5.74) is 3.33. The zero-order chi connectivity index (χ0) is 57.6. The van der Waals surface area contributed by atoms with Gasteiger partial charge in [-0.15, -0.1) is 0 Å². The second-order valence-electron chi connectivity index (χ2n) is 23.3. The van der Waals surface area contributed by atoms with Crippen molar-refractivity contribution in [3.05, 3.63) is 71.9 Å². The first-order valence-electron chi connectivity index (χ1n) is 28.5. The fourth-order valence-corrected chi connectivity index (χ4v) is 11.5. The Morgan fingerprint density at radius 3 is 2.35 bits per heavy atom. The van der Waals surface area contributed by atoms with Crippen LogP contribution in [0.3, 0.4) is 0 Å². The largest absolute Gasteiger partial charge is 0.456 e. The molecule has 18 heteroatoms. The van der Waals surface area contributed by atoms with Crippen molar-refractivity contribution in [2.45, 2.75) is 207 Å². The van der Waals surface area contributed by atoms with Crippen molar-refractivity contribution in [1.29, 1.82) is 0 Å². The summed E-state index contributed by atoms with van der Waals surface area (Å²) < 4.78 is 12.9. The Labute approximate surface area is 462 Å². The number of Topliss-reactive ketones (excluding diaryl/α,β-unsaturated/α-hetero) is 1. The molecule has 0 saturated carbocycles. The Kier molecular flexibility index (Phi) is 24.0. The predicted octanol–water partition coefficient (Wildman–Crippen LogP) is 5.30. The van der Waals surface area contributed by atoms with Crippen molar-refractivity contribution >= 4 is 41.2 Å². The lowest BCUT2D eigenvalue weighted by atomic mass is 9.69. The van der Waals surface area contributed by atoms with Crippen molar-refractivity contribution in [2.75, 3.05) is 6.54 Å². The van der Waals surface area contributed by atoms with Crippen LogP contribution in [0.15, 0.2) is 71.9 Å². The lowest BCUT2D eigenvalue weighted by molar-refractivity contribution is -0.267. The Morgan fingerprint density at radius 1 is 0.936 bits per heavy atom. The van der Waals surface area contributed by atoms with Crippen molar-refractivity contribution in [3.8, 4) is 0 Å². The first-order chi connectivity index (χ1) is 36.9. The highest BCUT2D eigenvalue weighted by atomic mass is 16.5. The van der Waals surface area contributed by atoms with Gasteiger partial charge in [0.2, 0.25) is 17.7 Å². The number of aliphatic hydroxyl groups excluding tert-OH is 4. The molecule has 5 rings (SSSR count). The van der Waals surface area contributed by atoms with Crippen LogP contribution in [0.4, 0.5) is 0 Å². The molecular formula is C60H91N5O13. The van der Waals surface area contributed by atoms with Gasteiger partial charge in [-0.3, -0.25) is 33.8 Å². The summed E-state index contributed by atoms with van der Waals surface area (Å²) in [6.07, 6.45) is 15.3. The fourth-order valence-electron chi connectivity index (χ4n) is 11.5. The predicted molar refractivity (Wildman–Crippen MR) is 295 cm³/mol. The minimum absolute atomic E-state index is 0.0260. The van der Waals surface area contributed by atoms with Crippen molar-refractivity contribution in [2.24, 2.45) is 47.3 Å². The summed E-state index contributed by atoms with van der Waals surface area (Å²) in [7, 11) is 0. The zero-order valence-electron chi connectivity index (χ0n) is 47.7. The lowest BCUT2D eigenvalue weighted by Gasteiger charge is -2.56. The number of carbonyl (C=O) groups is 7. The van der Waals surface area contributed by atoms with Gasteiger partial charge in [0.15, 0.2) is 5.78 Å². The minimum Gasteiger partial charge on any atom is -0.456 e. The normalized spacial score (nSPS) is 35.9. The van der Waals surface area contributed by atoms with Crippen LogP contribution in [0, 0.1) is 47.3 Å². The SMILES string of the molecule is CC[C@H]1C[C@H](C)[C@@]2(NC1=O)O[C@@H](C[C@H](O)[C@@H](C)CC/C=C/C=C(\C)[C@@H]1C/C=C/C=C/[C@H](O)[C@H](C)[C@@H](O)[C@@H](CCC(C)=O)C(=O)N[C@@H](C(C)C)C(=O)N[C@@H](CC3=CC=CC(=O)C3)C(=O)N3CCCC(N3)C(=O)O1)[C@H](C)[C@H](O)[C@@H]2C. The molecule has 1 spiro atoms. The molecule has 1 unspecified atom stereocenters. The first-order valence-corrected chi connectivity index (χ1v) is 28.5. The van der Waals surface area contributed by atoms with E-state index in [-0.39, 0.29) is 85.7 Å². The van der Waals surface area contributed by atoms with Gasteiger partial charge in [0.25, 0.3) is 5.91 Å². The Balaban J connectivity index is 1.34. The molecule has 0 aromatic rings. The highest BCUT2D eigenvalue weighted by molar-refractivity contribution is 5.95. The van der Waals surface area contributed by atoms with Gasteiger partial charge < -0.3 is 50.6 Å². The summed E-state index contributed by atoms with van der Waals surface area (Å²) in [5.74, 6) is -6.47. The third-order valence-corrected chi connectivity index (χ3v) is 17.0. The monoisotopic (exact) mass is 1090 g/mol. The molecule has 4 heterocycles. The molecule has 4 aliphatic heterocycles. The number of nitrogens with zero attached hydrogens (tertiary/aromatic N) is 1. The van der Waals surface area contributed by atoms with Gasteiger partial charge in [-0.25, -0.2) is 5.43 Å². The van der Waals surface area contributed by atoms with Gasteiger partial charge in [-0.05, 0) is 88.7 Å². The molecular weight excluding hydrogens is 999 g/mol. The quantitative estimate of drug-likeness (QED) is 0.0764. The zero-order valence-corrected chi connectivity index (χ0v) is 47.7. The number of ketones is 2. The van der Waals surface area contributed by atoms with Crippen molar-refractivity contribution < 1.29 is 63.5 Å². The summed E-state index contributed by atoms with van der Waals surface area (Å²) >= 11 is 0. The molecule has 4 amide bonds. The van der Waals surface area contributed by atoms with E-state index in [9.17, 15) is 54.0 Å². The van der Waals surface area contributed by atoms with Crippen LogP contribution >= 0.6 is 0 Å². The van der Waals surface area contributed by atoms with E-state index in [1.165, 1.54) is 24.1 Å². The van der Waals surface area contributed by atoms with Gasteiger partial charge >= 0.3 is 5.97 Å². The number of amides is 4. The van der Waals surface area contributed by atoms with Crippen LogP contribution < -0.4 is 21.4 Å². The summed E-state index contributed by atoms with van der Waals surface area (Å²) in [6, 6.07) is -3.36. The molecule has 3 saturated heterocycles. The van der Waals surface area contributed by atoms with E-state index in [2.05, 4.69) is 28.3 Å². The average molecular weight is 1090 g/mol. The number of nitrogens with one attached hydrogen (secondary N) is 4. The Hall–Kier alpha value is -5.11. The molecule has 1 aliphatic carbocycles. The molecule has 78 heavy (non-hydrogen) atoms. The van der Waals surface area contributed by atoms with Crippen LogP contribution in [0.25, 0.3) is 0 Å². The van der Waals surface area contributed by atoms with E-state index >= 15 is 0 Å². The first kappa shape index (κ1) is 63.7. The number of esters is 1. The maximum absolute atomic E-state index is 14.5. The third-order valence-electron chi connectivity index (χ3n) is 17.0. The van der Waals surface area contributed by atoms with Crippen LogP contribution in [0.2, 0.25) is 0 Å². The molecule has 434 valence electrons. The van der Waals surface area contributed by atoms with Crippen molar-refractivity contribution in [3.63, 3.8) is 0 Å². The number of piperidine rings is 1. The number of hydrogen-bond donors (Lipinski definition) is 8. The van der Waals surface area contributed by atoms with Gasteiger partial charge in [-0.1, -0.05) is 116 Å². The summed E-state index contributed by atoms with van der Waals surface area (Å²) in [5, 5.41) is 55.8. The second-order valence-corrected chi connectivity index (χ2v) is 23.3. The number of rotatable bonds is 15. The van der Waals surface area contributed by atoms with Crippen molar-refractivity contribution in [1.82, 2.24) is 26.4 Å². The standard InChI is InChI=1S/C60H91N5O13/c1-11-43-30-37(6)60(63-55(43)72)41(10)53(70)40(9)51(78-60)33-49(69)35(4)20-14-12-15-21-36(5)50-26-17-13-16-25-48(68)39(8)54(71)45(28-27-38(7)66)56(73)62-52(34(2)3)57(74)61-47(32-42-22-18-23-44(67)31-42)58(75)65-29-19-24-46(64-65)59(76)77-50/h12-13,15-18,21-23,25,34-35,37,39-41,43,45-54,64,68-71H,11,14,19-20,24,26-33H2,1-10H3,(H,61,74)(H,62,73)(H,63,72)/b15-12+,17-13+,25-16+,36-21+/t35-,37-,39-,40-,41-,43-,45+,46?,47-,48-,49-,50-,51-,52-,53-,54+,60+/m0/s1. The third kappa shape index (κ3) is 16.7. The number of hydrogen-bond acceptors (Lipinski definition) is 14. The number of allylic oxidation sites excluding steroid dienone is 8. The smallest absolute Gasteiger partial charge is 0.325 e. The van der Waals surface area contributed by atoms with E-state index in [0.717, 1.165) is 6.42 Å². The van der Waals surface area contributed by atoms with E-state index in [4.69, 9.17) is 9.47 Å². The van der Waals surface area contributed by atoms with E-state index < -0.39 is 102 Å². The number of hydrazine groups is 1. The van der Waals surface area contributed by atoms with Crippen LogP contribution in [-0.4, -0.2) is 134 Å². The second kappa shape index (κ2) is 29.4. The number of ether oxygens (including phenoxy) is 2. The maximum atomic E-state index is 14.5. The highest BCUT2D eigenvalue weighted by Crippen LogP contribution is 2.46. The number of fused-ring (bicyclic) bond motifs is 2. The Morgan fingerprint density at radius 2 is 1.67 bits per heavy atom. The molecule has 2 bridgehead atoms. The van der Waals surface area contributed by atoms with E-state index in [1.54, 1.807) is 51.2 Å². The number of carbonyl (C=O) groups excluding carboxylic acids is 7. The minimum atomic E-state index is -1.44. The summed E-state index contributed by atoms with van der Waals surface area (Å²) in [6.45, 7) is 18.3. The van der Waals surface area contributed by atoms with Crippen LogP contribution in [0.5, 0.6) is 0 Å². The molecule has 3 fully saturated rings. The topological polar surface area (TPSA) is 270 Å². The highest BCUT2D eigenvalue weighted by Gasteiger charge is 2.57. The van der Waals surface area contributed by atoms with Gasteiger partial charge in [0.05, 0.1) is 36.4 Å². The number of cyclic esters (lactones) is 1. The van der Waals surface area contributed by atoms with Gasteiger partial charge in [-0.2, -0.15) is 0 Å². The maximum Gasteiger partial charge on any atom is 0.325 e. The number of aliphatic hydroxyl groups is 4. The van der Waals surface area contributed by atoms with Gasteiger partial charge in [0, 0.05) is 61.8 Å². The molecule has 8 N–H and O–H groups in total. The van der Waals surface area contributed by atoms with Crippen LogP contribution in [0.1, 0.15) is 146 Å². The molecule has 0 radical (unpaired) electrons. The lowest BCUT2D eigenvalue weighted by Crippen LogP contribution is -2.71. The average Bonchev–Trinajstić information content (AvgIpc) is 3.51. The summed E-state index contributed by atoms with van der Waals surface area (Å²) in [4.78, 5) is 94.6. The van der Waals surface area contributed by atoms with Gasteiger partial charge in [0.1, 0.15) is 35.7 Å². The van der Waals surface area contributed by atoms with E-state index in [0.29, 0.717) is 49.7 Å². The van der Waals surface area contributed by atoms with E-state index in [1.807, 2.05) is 52.8 Å². The Bertz CT molecular complexity index is 2310. The molecule has 0 aromatic heterocycles. The molecule has 18 nitrogen and oxygen atoms in total. The molecule has 17 atom stereocenters. The molecule has 0 aromatic carbocycles.